The van der Waals surface area contributed by atoms with Gasteiger partial charge in [-0.2, -0.15) is 0 Å². The van der Waals surface area contributed by atoms with E-state index in [0.29, 0.717) is 17.4 Å². The Hall–Kier alpha value is -2.03. The first kappa shape index (κ1) is 70.0. The average Bonchev–Trinajstić information content (AvgIpc) is 3.34. The smallest absolute Gasteiger partial charge is 0.462 e. The lowest BCUT2D eigenvalue weighted by molar-refractivity contribution is -0.870. The van der Waals surface area contributed by atoms with E-state index in [-0.39, 0.29) is 32.0 Å². The Labute approximate surface area is 445 Å². The van der Waals surface area contributed by atoms with Crippen LogP contribution < -0.4 is 0 Å². The number of likely N-dealkylation sites (N-methyl/N-ethyl adjacent to an activating group) is 1. The predicted molar refractivity (Wildman–Crippen MR) is 307 cm³/mol. The molecule has 0 rings (SSSR count). The van der Waals surface area contributed by atoms with E-state index >= 15 is 0 Å². The van der Waals surface area contributed by atoms with Crippen LogP contribution in [-0.4, -0.2) is 74.9 Å². The normalized spacial score (nSPS) is 13.6. The molecule has 0 aliphatic carbocycles. The maximum atomic E-state index is 12.8. The summed E-state index contributed by atoms with van der Waals surface area (Å²) < 4.78 is 34.6. The molecule has 2 atom stereocenters. The number of hydrogen-bond acceptors (Lipinski definition) is 7. The van der Waals surface area contributed by atoms with Crippen molar-refractivity contribution in [2.75, 3.05) is 47.5 Å². The molecule has 10 heteroatoms. The molecule has 0 aliphatic rings. The quantitative estimate of drug-likeness (QED) is 0.0211. The highest BCUT2D eigenvalue weighted by Gasteiger charge is 2.27. The van der Waals surface area contributed by atoms with Crippen molar-refractivity contribution >= 4 is 19.8 Å². The zero-order valence-corrected chi connectivity index (χ0v) is 48.8. The highest BCUT2D eigenvalue weighted by Crippen LogP contribution is 2.43. The molecule has 0 aliphatic heterocycles. The molecular formula is C62H117NO8P+. The van der Waals surface area contributed by atoms with Gasteiger partial charge in [-0.3, -0.25) is 18.6 Å². The molecule has 0 fully saturated rings. The van der Waals surface area contributed by atoms with Gasteiger partial charge < -0.3 is 18.9 Å². The van der Waals surface area contributed by atoms with Crippen LogP contribution in [0.4, 0.5) is 0 Å². The molecule has 0 radical (unpaired) electrons. The fourth-order valence-corrected chi connectivity index (χ4v) is 9.35. The molecular weight excluding hydrogens is 918 g/mol. The van der Waals surface area contributed by atoms with Crippen molar-refractivity contribution in [3.63, 3.8) is 0 Å². The van der Waals surface area contributed by atoms with Crippen LogP contribution in [0.2, 0.25) is 0 Å². The first-order valence-electron chi connectivity index (χ1n) is 30.4. The van der Waals surface area contributed by atoms with E-state index < -0.39 is 26.5 Å². The van der Waals surface area contributed by atoms with Gasteiger partial charge in [0.25, 0.3) is 0 Å². The van der Waals surface area contributed by atoms with Crippen LogP contribution >= 0.6 is 7.82 Å². The average molecular weight is 1040 g/mol. The highest BCUT2D eigenvalue weighted by molar-refractivity contribution is 7.47. The number of phosphoric ester groups is 1. The van der Waals surface area contributed by atoms with E-state index in [1.807, 2.05) is 21.1 Å². The van der Waals surface area contributed by atoms with Gasteiger partial charge in [-0.15, -0.1) is 0 Å². The van der Waals surface area contributed by atoms with E-state index in [1.165, 1.54) is 205 Å². The highest BCUT2D eigenvalue weighted by atomic mass is 31.2. The predicted octanol–water partition coefficient (Wildman–Crippen LogP) is 18.9. The van der Waals surface area contributed by atoms with Gasteiger partial charge in [-0.05, 0) is 77.0 Å². The lowest BCUT2D eigenvalue weighted by Gasteiger charge is -2.24. The third-order valence-corrected chi connectivity index (χ3v) is 14.3. The minimum atomic E-state index is -4.39. The molecule has 0 amide bonds. The zero-order chi connectivity index (χ0) is 52.7. The van der Waals surface area contributed by atoms with Gasteiger partial charge in [0.05, 0.1) is 27.7 Å². The molecule has 0 aromatic heterocycles. The number of allylic oxidation sites excluding steroid dienone is 8. The van der Waals surface area contributed by atoms with Crippen molar-refractivity contribution < 1.29 is 42.1 Å². The summed E-state index contributed by atoms with van der Waals surface area (Å²) >= 11 is 0. The number of esters is 2. The maximum Gasteiger partial charge on any atom is 0.472 e. The summed E-state index contributed by atoms with van der Waals surface area (Å²) in [6, 6.07) is 0. The van der Waals surface area contributed by atoms with Gasteiger partial charge in [-0.1, -0.05) is 242 Å². The van der Waals surface area contributed by atoms with E-state index in [1.54, 1.807) is 0 Å². The van der Waals surface area contributed by atoms with Gasteiger partial charge in [0.1, 0.15) is 19.8 Å². The van der Waals surface area contributed by atoms with Crippen LogP contribution in [0.15, 0.2) is 48.6 Å². The summed E-state index contributed by atoms with van der Waals surface area (Å²) in [7, 11) is 1.48. The van der Waals surface area contributed by atoms with E-state index in [4.69, 9.17) is 18.5 Å². The summed E-state index contributed by atoms with van der Waals surface area (Å²) in [5, 5.41) is 0. The van der Waals surface area contributed by atoms with Crippen LogP contribution in [0.25, 0.3) is 0 Å². The van der Waals surface area contributed by atoms with Crippen LogP contribution in [0.3, 0.4) is 0 Å². The number of phosphoric acid groups is 1. The minimum Gasteiger partial charge on any atom is -0.462 e. The largest absolute Gasteiger partial charge is 0.472 e. The molecule has 9 nitrogen and oxygen atoms in total. The van der Waals surface area contributed by atoms with Gasteiger partial charge >= 0.3 is 19.8 Å². The van der Waals surface area contributed by atoms with Gasteiger partial charge in [0.15, 0.2) is 6.10 Å². The lowest BCUT2D eigenvalue weighted by atomic mass is 10.0. The molecule has 0 aromatic carbocycles. The number of quaternary nitrogens is 1. The Kier molecular flexibility index (Phi) is 52.3. The number of hydrogen-bond donors (Lipinski definition) is 1. The van der Waals surface area contributed by atoms with Crippen LogP contribution in [0, 0.1) is 0 Å². The summed E-state index contributed by atoms with van der Waals surface area (Å²) in [6.07, 6.45) is 67.6. The molecule has 2 unspecified atom stereocenters. The topological polar surface area (TPSA) is 108 Å². The second kappa shape index (κ2) is 53.8. The molecule has 0 spiro atoms. The standard InChI is InChI=1S/C62H116NO8P/c1-6-8-10-12-14-16-18-20-22-24-25-26-27-28-29-30-31-32-33-34-35-36-37-39-41-43-45-47-49-51-53-55-62(65)71-60(59-70-72(66,67)69-57-56-63(3,4)5)58-68-61(64)54-52-50-48-46-44-42-40-38-23-21-19-17-15-13-11-9-7-2/h18,20-21,23-25,27-28,60H,6-17,19,22,26,29-59H2,1-5H3/p+1/b20-18-,23-21-,25-24-,28-27-. The summed E-state index contributed by atoms with van der Waals surface area (Å²) in [6.45, 7) is 4.44. The second-order valence-corrected chi connectivity index (χ2v) is 23.2. The Morgan fingerprint density at radius 3 is 1.12 bits per heavy atom. The van der Waals surface area contributed by atoms with Crippen molar-refractivity contribution in [1.29, 1.82) is 0 Å². The molecule has 0 heterocycles. The molecule has 72 heavy (non-hydrogen) atoms. The van der Waals surface area contributed by atoms with Gasteiger partial charge in [0.2, 0.25) is 0 Å². The number of ether oxygens (including phenoxy) is 2. The third kappa shape index (κ3) is 57.3. The first-order valence-corrected chi connectivity index (χ1v) is 31.9. The monoisotopic (exact) mass is 1030 g/mol. The molecule has 0 aromatic rings. The fraction of sp³-hybridized carbons (Fsp3) is 0.839. The Bertz CT molecular complexity index is 1360. The number of carbonyl (C=O) groups is 2. The van der Waals surface area contributed by atoms with Crippen molar-refractivity contribution in [2.45, 2.75) is 290 Å². The number of unbranched alkanes of at least 4 members (excludes halogenated alkanes) is 34. The second-order valence-electron chi connectivity index (χ2n) is 21.7. The lowest BCUT2D eigenvalue weighted by Crippen LogP contribution is -2.37. The van der Waals surface area contributed by atoms with Gasteiger partial charge in [-0.25, -0.2) is 4.57 Å². The summed E-state index contributed by atoms with van der Waals surface area (Å²) in [5.41, 5.74) is 0. The third-order valence-electron chi connectivity index (χ3n) is 13.3. The Balaban J connectivity index is 4.07. The van der Waals surface area contributed by atoms with Crippen LogP contribution in [0.1, 0.15) is 284 Å². The van der Waals surface area contributed by atoms with Crippen LogP contribution in [0.5, 0.6) is 0 Å². The number of rotatable bonds is 56. The van der Waals surface area contributed by atoms with E-state index in [9.17, 15) is 19.0 Å². The molecule has 422 valence electrons. The first-order chi connectivity index (χ1) is 35.0. The summed E-state index contributed by atoms with van der Waals surface area (Å²) in [4.78, 5) is 35.7. The van der Waals surface area contributed by atoms with Crippen molar-refractivity contribution in [2.24, 2.45) is 0 Å². The van der Waals surface area contributed by atoms with Crippen LogP contribution in [-0.2, 0) is 32.7 Å². The SMILES string of the molecule is CCCCCCC/C=C\C/C=C\C/C=C\CCCCCCCCCCCCCCCCCCC(=O)OC(COC(=O)CCCCCCCCC/C=C\CCCCCCCC)COP(=O)(O)OCC[N+](C)(C)C. The molecule has 0 saturated heterocycles. The van der Waals surface area contributed by atoms with Crippen molar-refractivity contribution in [1.82, 2.24) is 0 Å². The zero-order valence-electron chi connectivity index (χ0n) is 47.9. The van der Waals surface area contributed by atoms with Crippen molar-refractivity contribution in [3.8, 4) is 0 Å². The number of nitrogens with zero attached hydrogens (tertiary/aromatic N) is 1. The fourth-order valence-electron chi connectivity index (χ4n) is 8.61. The number of carbonyl (C=O) groups excluding carboxylic acids is 2. The molecule has 0 saturated carbocycles. The van der Waals surface area contributed by atoms with Gasteiger partial charge in [0, 0.05) is 12.8 Å². The van der Waals surface area contributed by atoms with Crippen molar-refractivity contribution in [3.05, 3.63) is 48.6 Å². The Morgan fingerprint density at radius 1 is 0.431 bits per heavy atom. The summed E-state index contributed by atoms with van der Waals surface area (Å²) in [5.74, 6) is -0.792. The molecule has 1 N–H and O–H groups in total. The minimum absolute atomic E-state index is 0.0315. The van der Waals surface area contributed by atoms with E-state index in [0.717, 1.165) is 44.9 Å². The molecule has 0 bridgehead atoms. The maximum absolute atomic E-state index is 12.8. The Morgan fingerprint density at radius 2 is 0.750 bits per heavy atom. The van der Waals surface area contributed by atoms with E-state index in [2.05, 4.69) is 62.5 Å².